The molecule has 1 N–H and O–H groups in total. The number of hydrogen-bond donors (Lipinski definition) is 1. The van der Waals surface area contributed by atoms with Gasteiger partial charge >= 0.3 is 0 Å². The summed E-state index contributed by atoms with van der Waals surface area (Å²) < 4.78 is 0. The first kappa shape index (κ1) is 10.8. The summed E-state index contributed by atoms with van der Waals surface area (Å²) in [5.41, 5.74) is 4.42. The van der Waals surface area contributed by atoms with Crippen LogP contribution in [0.15, 0.2) is 47.8 Å². The van der Waals surface area contributed by atoms with Crippen molar-refractivity contribution >= 4 is 33.1 Å². The van der Waals surface area contributed by atoms with Gasteiger partial charge in [-0.25, -0.2) is 0 Å². The van der Waals surface area contributed by atoms with Gasteiger partial charge in [0.05, 0.1) is 10.4 Å². The van der Waals surface area contributed by atoms with Crippen LogP contribution in [0.2, 0.25) is 0 Å². The second kappa shape index (κ2) is 3.93. The predicted octanol–water partition coefficient (Wildman–Crippen LogP) is 4.75. The molecule has 0 bridgehead atoms. The molecule has 0 radical (unpaired) electrons. The monoisotopic (exact) mass is 264 g/mol. The van der Waals surface area contributed by atoms with Gasteiger partial charge in [0.2, 0.25) is 0 Å². The van der Waals surface area contributed by atoms with Crippen LogP contribution in [-0.4, -0.2) is 9.97 Å². The van der Waals surface area contributed by atoms with E-state index in [1.807, 2.05) is 0 Å². The number of nitrogens with zero attached hydrogens (tertiary/aromatic N) is 1. The lowest BCUT2D eigenvalue weighted by molar-refractivity contribution is 1.23. The van der Waals surface area contributed by atoms with E-state index in [4.69, 9.17) is 4.98 Å². The van der Waals surface area contributed by atoms with Gasteiger partial charge in [-0.3, -0.25) is 4.98 Å². The van der Waals surface area contributed by atoms with Crippen molar-refractivity contribution < 1.29 is 0 Å². The van der Waals surface area contributed by atoms with E-state index < -0.39 is 0 Å². The molecule has 19 heavy (non-hydrogen) atoms. The lowest BCUT2D eigenvalue weighted by Crippen LogP contribution is -1.86. The van der Waals surface area contributed by atoms with Crippen molar-refractivity contribution in [3.63, 3.8) is 0 Å². The molecule has 0 atom stereocenters. The third kappa shape index (κ3) is 1.59. The normalized spacial score (nSPS) is 11.4. The fraction of sp³-hybridized carbons (Fsp3) is 0.0625. The zero-order chi connectivity index (χ0) is 12.8. The molecule has 1 aromatic carbocycles. The number of H-pyrrole nitrogens is 1. The molecule has 0 aliphatic rings. The summed E-state index contributed by atoms with van der Waals surface area (Å²) in [6, 6.07) is 14.8. The first-order valence-electron chi connectivity index (χ1n) is 6.25. The summed E-state index contributed by atoms with van der Waals surface area (Å²) in [5, 5.41) is 4.61. The molecule has 0 aliphatic heterocycles. The zero-order valence-corrected chi connectivity index (χ0v) is 11.3. The highest BCUT2D eigenvalue weighted by Gasteiger charge is 2.12. The quantitative estimate of drug-likeness (QED) is 0.528. The van der Waals surface area contributed by atoms with Crippen LogP contribution >= 0.6 is 11.3 Å². The van der Waals surface area contributed by atoms with Crippen molar-refractivity contribution in [3.8, 4) is 10.6 Å². The fourth-order valence-corrected chi connectivity index (χ4v) is 3.29. The third-order valence-electron chi connectivity index (χ3n) is 3.38. The molecule has 3 heteroatoms. The van der Waals surface area contributed by atoms with E-state index in [1.54, 1.807) is 11.3 Å². The average molecular weight is 264 g/mol. The number of aromatic nitrogens is 2. The molecule has 0 unspecified atom stereocenters. The van der Waals surface area contributed by atoms with Gasteiger partial charge in [-0.2, -0.15) is 0 Å². The second-order valence-electron chi connectivity index (χ2n) is 4.68. The van der Waals surface area contributed by atoms with Gasteiger partial charge in [0, 0.05) is 22.0 Å². The molecule has 92 valence electrons. The molecule has 0 fully saturated rings. The van der Waals surface area contributed by atoms with E-state index in [2.05, 4.69) is 59.8 Å². The molecular weight excluding hydrogens is 252 g/mol. The van der Waals surface area contributed by atoms with Gasteiger partial charge in [-0.1, -0.05) is 24.3 Å². The van der Waals surface area contributed by atoms with E-state index in [1.165, 1.54) is 21.2 Å². The molecule has 0 saturated carbocycles. The molecule has 3 aromatic heterocycles. The highest BCUT2D eigenvalue weighted by molar-refractivity contribution is 7.13. The fourth-order valence-electron chi connectivity index (χ4n) is 2.57. The first-order chi connectivity index (χ1) is 9.33. The Morgan fingerprint density at radius 2 is 1.95 bits per heavy atom. The van der Waals surface area contributed by atoms with Crippen LogP contribution in [0.5, 0.6) is 0 Å². The van der Waals surface area contributed by atoms with Gasteiger partial charge in [0.1, 0.15) is 5.69 Å². The maximum Gasteiger partial charge on any atom is 0.105 e. The average Bonchev–Trinajstić information content (AvgIpc) is 3.05. The number of benzene rings is 1. The molecule has 0 amide bonds. The molecule has 2 nitrogen and oxygen atoms in total. The summed E-state index contributed by atoms with van der Waals surface area (Å²) >= 11 is 1.73. The Morgan fingerprint density at radius 1 is 1.05 bits per heavy atom. The highest BCUT2D eigenvalue weighted by Crippen LogP contribution is 2.34. The highest BCUT2D eigenvalue weighted by atomic mass is 32.1. The summed E-state index contributed by atoms with van der Waals surface area (Å²) in [6.07, 6.45) is 0. The van der Waals surface area contributed by atoms with E-state index in [-0.39, 0.29) is 0 Å². The molecule has 0 spiro atoms. The lowest BCUT2D eigenvalue weighted by Gasteiger charge is -2.02. The predicted molar refractivity (Wildman–Crippen MR) is 81.6 cm³/mol. The van der Waals surface area contributed by atoms with Crippen LogP contribution in [0.1, 0.15) is 5.69 Å². The van der Waals surface area contributed by atoms with E-state index in [9.17, 15) is 0 Å². The molecule has 4 aromatic rings. The van der Waals surface area contributed by atoms with Crippen LogP contribution in [0.25, 0.3) is 32.4 Å². The van der Waals surface area contributed by atoms with E-state index >= 15 is 0 Å². The summed E-state index contributed by atoms with van der Waals surface area (Å²) in [5.74, 6) is 0. The van der Waals surface area contributed by atoms with Crippen molar-refractivity contribution in [3.05, 3.63) is 53.5 Å². The van der Waals surface area contributed by atoms with Crippen LogP contribution in [0, 0.1) is 6.92 Å². The Kier molecular flexibility index (Phi) is 2.23. The molecule has 3 heterocycles. The molecular formula is C16H12N2S. The smallest absolute Gasteiger partial charge is 0.105 e. The number of pyridine rings is 1. The van der Waals surface area contributed by atoms with Crippen LogP contribution in [-0.2, 0) is 0 Å². The SMILES string of the molecule is Cc1cc2c([nH]c3ccccc32)c(-c2cccs2)n1. The molecule has 0 saturated heterocycles. The number of thiophene rings is 1. The second-order valence-corrected chi connectivity index (χ2v) is 5.63. The Labute approximate surface area is 114 Å². The van der Waals surface area contributed by atoms with Crippen molar-refractivity contribution in [2.24, 2.45) is 0 Å². The maximum absolute atomic E-state index is 4.72. The van der Waals surface area contributed by atoms with E-state index in [0.717, 1.165) is 16.9 Å². The first-order valence-corrected chi connectivity index (χ1v) is 7.13. The Hall–Kier alpha value is -2.13. The van der Waals surface area contributed by atoms with Crippen molar-refractivity contribution in [2.45, 2.75) is 6.92 Å². The van der Waals surface area contributed by atoms with Crippen LogP contribution in [0.4, 0.5) is 0 Å². The lowest BCUT2D eigenvalue weighted by atomic mass is 10.1. The Bertz CT molecular complexity index is 872. The standard InChI is InChI=1S/C16H12N2S/c1-10-9-12-11-5-2-3-6-13(11)18-15(12)16(17-10)14-7-4-8-19-14/h2-9,18H,1H3. The summed E-state index contributed by atoms with van der Waals surface area (Å²) in [7, 11) is 0. The molecule has 0 aliphatic carbocycles. The Balaban J connectivity index is 2.19. The number of rotatable bonds is 1. The molecule has 4 rings (SSSR count). The number of hydrogen-bond acceptors (Lipinski definition) is 2. The number of nitrogens with one attached hydrogen (secondary N) is 1. The number of para-hydroxylation sites is 1. The third-order valence-corrected chi connectivity index (χ3v) is 4.26. The minimum absolute atomic E-state index is 1.06. The Morgan fingerprint density at radius 3 is 2.79 bits per heavy atom. The minimum atomic E-state index is 1.06. The number of aryl methyl sites for hydroxylation is 1. The van der Waals surface area contributed by atoms with Crippen molar-refractivity contribution in [1.82, 2.24) is 9.97 Å². The number of fused-ring (bicyclic) bond motifs is 3. The van der Waals surface area contributed by atoms with Gasteiger partial charge in [-0.15, -0.1) is 11.3 Å². The number of aromatic amines is 1. The van der Waals surface area contributed by atoms with Gasteiger partial charge < -0.3 is 4.98 Å². The zero-order valence-electron chi connectivity index (χ0n) is 10.5. The van der Waals surface area contributed by atoms with Crippen molar-refractivity contribution in [1.29, 1.82) is 0 Å². The van der Waals surface area contributed by atoms with Crippen molar-refractivity contribution in [2.75, 3.05) is 0 Å². The summed E-state index contributed by atoms with van der Waals surface area (Å²) in [6.45, 7) is 2.05. The van der Waals surface area contributed by atoms with Gasteiger partial charge in [0.15, 0.2) is 0 Å². The van der Waals surface area contributed by atoms with E-state index in [0.29, 0.717) is 0 Å². The minimum Gasteiger partial charge on any atom is -0.353 e. The van der Waals surface area contributed by atoms with Gasteiger partial charge in [-0.05, 0) is 30.5 Å². The summed E-state index contributed by atoms with van der Waals surface area (Å²) in [4.78, 5) is 9.43. The maximum atomic E-state index is 4.72. The van der Waals surface area contributed by atoms with Gasteiger partial charge in [0.25, 0.3) is 0 Å². The van der Waals surface area contributed by atoms with Crippen LogP contribution in [0.3, 0.4) is 0 Å². The largest absolute Gasteiger partial charge is 0.353 e. The van der Waals surface area contributed by atoms with Crippen LogP contribution < -0.4 is 0 Å². The topological polar surface area (TPSA) is 28.7 Å².